The van der Waals surface area contributed by atoms with Gasteiger partial charge in [0.1, 0.15) is 0 Å². The third-order valence-electron chi connectivity index (χ3n) is 1.91. The van der Waals surface area contributed by atoms with Crippen molar-refractivity contribution in [2.45, 2.75) is 19.8 Å². The quantitative estimate of drug-likeness (QED) is 0.617. The van der Waals surface area contributed by atoms with E-state index in [1.807, 2.05) is 0 Å². The Morgan fingerprint density at radius 3 is 3.00 bits per heavy atom. The van der Waals surface area contributed by atoms with E-state index < -0.39 is 0 Å². The molecule has 0 bridgehead atoms. The van der Waals surface area contributed by atoms with Crippen molar-refractivity contribution in [1.82, 2.24) is 0 Å². The first-order valence-corrected chi connectivity index (χ1v) is 3.88. The molecule has 1 unspecified atom stereocenters. The zero-order valence-electron chi connectivity index (χ0n) is 6.51. The van der Waals surface area contributed by atoms with Crippen molar-refractivity contribution >= 4 is 0 Å². The fourth-order valence-corrected chi connectivity index (χ4v) is 1.20. The Labute approximate surface area is 62.6 Å². The fourth-order valence-electron chi connectivity index (χ4n) is 1.20. The van der Waals surface area contributed by atoms with E-state index in [9.17, 15) is 0 Å². The second-order valence-electron chi connectivity index (χ2n) is 2.88. The SMILES string of the molecule is CC1=CCC(CCN)C=C1. The van der Waals surface area contributed by atoms with Crippen LogP contribution < -0.4 is 5.73 Å². The van der Waals surface area contributed by atoms with Crippen molar-refractivity contribution < 1.29 is 0 Å². The van der Waals surface area contributed by atoms with Gasteiger partial charge in [-0.1, -0.05) is 23.8 Å². The molecule has 0 saturated heterocycles. The van der Waals surface area contributed by atoms with Gasteiger partial charge in [-0.3, -0.25) is 0 Å². The van der Waals surface area contributed by atoms with E-state index in [0.717, 1.165) is 13.0 Å². The van der Waals surface area contributed by atoms with Crippen molar-refractivity contribution in [1.29, 1.82) is 0 Å². The second kappa shape index (κ2) is 3.57. The summed E-state index contributed by atoms with van der Waals surface area (Å²) in [6.45, 7) is 2.94. The highest BCUT2D eigenvalue weighted by Gasteiger charge is 2.04. The Morgan fingerprint density at radius 1 is 1.70 bits per heavy atom. The van der Waals surface area contributed by atoms with E-state index in [0.29, 0.717) is 5.92 Å². The molecule has 0 heterocycles. The topological polar surface area (TPSA) is 26.0 Å². The summed E-state index contributed by atoms with van der Waals surface area (Å²) in [4.78, 5) is 0. The molecule has 0 aliphatic heterocycles. The zero-order chi connectivity index (χ0) is 7.40. The lowest BCUT2D eigenvalue weighted by Gasteiger charge is -2.12. The van der Waals surface area contributed by atoms with Gasteiger partial charge in [-0.25, -0.2) is 0 Å². The van der Waals surface area contributed by atoms with E-state index in [1.54, 1.807) is 0 Å². The monoisotopic (exact) mass is 137 g/mol. The lowest BCUT2D eigenvalue weighted by atomic mass is 9.95. The molecule has 0 radical (unpaired) electrons. The van der Waals surface area contributed by atoms with Crippen LogP contribution in [0.25, 0.3) is 0 Å². The molecule has 0 fully saturated rings. The Morgan fingerprint density at radius 2 is 2.50 bits per heavy atom. The second-order valence-corrected chi connectivity index (χ2v) is 2.88. The molecule has 0 aromatic heterocycles. The number of nitrogens with two attached hydrogens (primary N) is 1. The Kier molecular flexibility index (Phi) is 2.69. The van der Waals surface area contributed by atoms with Gasteiger partial charge in [0.2, 0.25) is 0 Å². The van der Waals surface area contributed by atoms with Crippen molar-refractivity contribution in [3.8, 4) is 0 Å². The van der Waals surface area contributed by atoms with Crippen LogP contribution in [0.1, 0.15) is 19.8 Å². The van der Waals surface area contributed by atoms with Gasteiger partial charge in [0, 0.05) is 0 Å². The minimum Gasteiger partial charge on any atom is -0.330 e. The first-order valence-electron chi connectivity index (χ1n) is 3.88. The molecule has 1 aliphatic rings. The van der Waals surface area contributed by atoms with E-state index >= 15 is 0 Å². The number of allylic oxidation sites excluding steroid dienone is 4. The van der Waals surface area contributed by atoms with E-state index in [4.69, 9.17) is 5.73 Å². The van der Waals surface area contributed by atoms with Crippen LogP contribution in [-0.4, -0.2) is 6.54 Å². The summed E-state index contributed by atoms with van der Waals surface area (Å²) in [7, 11) is 0. The van der Waals surface area contributed by atoms with Crippen LogP contribution in [0, 0.1) is 5.92 Å². The van der Waals surface area contributed by atoms with Gasteiger partial charge >= 0.3 is 0 Å². The summed E-state index contributed by atoms with van der Waals surface area (Å²) in [6, 6.07) is 0. The number of rotatable bonds is 2. The molecule has 0 saturated carbocycles. The molecule has 2 N–H and O–H groups in total. The van der Waals surface area contributed by atoms with Gasteiger partial charge in [-0.05, 0) is 32.2 Å². The standard InChI is InChI=1S/C9H15N/c1-8-2-4-9(5-3-8)6-7-10/h2-4,9H,5-7,10H2,1H3. The highest BCUT2D eigenvalue weighted by atomic mass is 14.5. The molecule has 56 valence electrons. The number of hydrogen-bond donors (Lipinski definition) is 1. The van der Waals surface area contributed by atoms with Gasteiger partial charge in [0.05, 0.1) is 0 Å². The first-order chi connectivity index (χ1) is 4.83. The average molecular weight is 137 g/mol. The van der Waals surface area contributed by atoms with Crippen LogP contribution in [-0.2, 0) is 0 Å². The van der Waals surface area contributed by atoms with Gasteiger partial charge < -0.3 is 5.73 Å². The van der Waals surface area contributed by atoms with Crippen molar-refractivity contribution in [2.24, 2.45) is 11.7 Å². The smallest absolute Gasteiger partial charge is 0.00715 e. The molecule has 0 aromatic carbocycles. The summed E-state index contributed by atoms with van der Waals surface area (Å²) < 4.78 is 0. The molecule has 0 aromatic rings. The van der Waals surface area contributed by atoms with Gasteiger partial charge in [-0.2, -0.15) is 0 Å². The van der Waals surface area contributed by atoms with Crippen LogP contribution in [0.5, 0.6) is 0 Å². The van der Waals surface area contributed by atoms with Crippen LogP contribution in [0.15, 0.2) is 23.8 Å². The Balaban J connectivity index is 2.37. The summed E-state index contributed by atoms with van der Waals surface area (Å²) >= 11 is 0. The predicted molar refractivity (Wildman–Crippen MR) is 44.7 cm³/mol. The summed E-state index contributed by atoms with van der Waals surface area (Å²) in [5.74, 6) is 0.702. The van der Waals surface area contributed by atoms with E-state index in [-0.39, 0.29) is 0 Å². The predicted octanol–water partition coefficient (Wildman–Crippen LogP) is 1.86. The molecule has 1 atom stereocenters. The maximum Gasteiger partial charge on any atom is -0.00715 e. The molecular formula is C9H15N. The van der Waals surface area contributed by atoms with Crippen LogP contribution in [0.3, 0.4) is 0 Å². The fraction of sp³-hybridized carbons (Fsp3) is 0.556. The summed E-state index contributed by atoms with van der Waals surface area (Å²) in [6.07, 6.45) is 9.03. The maximum atomic E-state index is 5.44. The summed E-state index contributed by atoms with van der Waals surface area (Å²) in [5.41, 5.74) is 6.82. The van der Waals surface area contributed by atoms with Crippen molar-refractivity contribution in [2.75, 3.05) is 6.54 Å². The Bertz CT molecular complexity index is 156. The molecule has 10 heavy (non-hydrogen) atoms. The summed E-state index contributed by atoms with van der Waals surface area (Å²) in [5, 5.41) is 0. The molecule has 1 aliphatic carbocycles. The van der Waals surface area contributed by atoms with Gasteiger partial charge in [0.15, 0.2) is 0 Å². The number of hydrogen-bond acceptors (Lipinski definition) is 1. The highest BCUT2D eigenvalue weighted by Crippen LogP contribution is 2.17. The largest absolute Gasteiger partial charge is 0.330 e. The Hall–Kier alpha value is -0.560. The third kappa shape index (κ3) is 1.99. The molecule has 0 spiro atoms. The lowest BCUT2D eigenvalue weighted by molar-refractivity contribution is 0.601. The molecule has 0 amide bonds. The minimum absolute atomic E-state index is 0.702. The maximum absolute atomic E-state index is 5.44. The van der Waals surface area contributed by atoms with Crippen LogP contribution in [0.2, 0.25) is 0 Å². The van der Waals surface area contributed by atoms with Gasteiger partial charge in [0.25, 0.3) is 0 Å². The van der Waals surface area contributed by atoms with Crippen molar-refractivity contribution in [3.05, 3.63) is 23.8 Å². The van der Waals surface area contributed by atoms with E-state index in [2.05, 4.69) is 25.2 Å². The first kappa shape index (κ1) is 7.55. The van der Waals surface area contributed by atoms with E-state index in [1.165, 1.54) is 12.0 Å². The van der Waals surface area contributed by atoms with Gasteiger partial charge in [-0.15, -0.1) is 0 Å². The minimum atomic E-state index is 0.702. The average Bonchev–Trinajstić information content (AvgIpc) is 1.95. The normalized spacial score (nSPS) is 24.6. The molecule has 1 nitrogen and oxygen atoms in total. The zero-order valence-corrected chi connectivity index (χ0v) is 6.51. The van der Waals surface area contributed by atoms with Crippen LogP contribution in [0.4, 0.5) is 0 Å². The molecule has 1 rings (SSSR count). The lowest BCUT2D eigenvalue weighted by Crippen LogP contribution is -2.07. The van der Waals surface area contributed by atoms with Crippen LogP contribution >= 0.6 is 0 Å². The van der Waals surface area contributed by atoms with Crippen molar-refractivity contribution in [3.63, 3.8) is 0 Å². The highest BCUT2D eigenvalue weighted by molar-refractivity contribution is 5.21. The molecule has 1 heteroatoms. The third-order valence-corrected chi connectivity index (χ3v) is 1.91. The molecular weight excluding hydrogens is 122 g/mol.